The summed E-state index contributed by atoms with van der Waals surface area (Å²) in [5, 5.41) is 8.84. The van der Waals surface area contributed by atoms with Crippen molar-refractivity contribution in [3.8, 4) is 11.1 Å². The fourth-order valence-electron chi connectivity index (χ4n) is 1.58. The van der Waals surface area contributed by atoms with Gasteiger partial charge in [0.15, 0.2) is 0 Å². The second-order valence-electron chi connectivity index (χ2n) is 3.61. The van der Waals surface area contributed by atoms with E-state index in [0.29, 0.717) is 11.1 Å². The number of hydrogen-bond acceptors (Lipinski definition) is 3. The van der Waals surface area contributed by atoms with E-state index in [1.165, 1.54) is 6.07 Å². The smallest absolute Gasteiger partial charge is 0.371 e. The SMILES string of the molecule is Cc1c(-c2ccccc2)cc(C(=O)O)oc1=O. The Balaban J connectivity index is 2.69. The van der Waals surface area contributed by atoms with Gasteiger partial charge in [-0.25, -0.2) is 9.59 Å². The predicted octanol–water partition coefficient (Wildman–Crippen LogP) is 2.31. The van der Waals surface area contributed by atoms with Crippen LogP contribution in [0.3, 0.4) is 0 Å². The number of carboxylic acids is 1. The number of carbonyl (C=O) groups is 1. The Morgan fingerprint density at radius 1 is 1.24 bits per heavy atom. The second kappa shape index (κ2) is 4.25. The Labute approximate surface area is 97.1 Å². The minimum absolute atomic E-state index is 0.348. The van der Waals surface area contributed by atoms with Crippen LogP contribution in [-0.4, -0.2) is 11.1 Å². The monoisotopic (exact) mass is 230 g/mol. The first-order valence-electron chi connectivity index (χ1n) is 5.03. The van der Waals surface area contributed by atoms with Crippen LogP contribution < -0.4 is 5.63 Å². The van der Waals surface area contributed by atoms with Gasteiger partial charge in [-0.3, -0.25) is 0 Å². The average molecular weight is 230 g/mol. The van der Waals surface area contributed by atoms with Gasteiger partial charge in [0.05, 0.1) is 0 Å². The molecule has 0 amide bonds. The summed E-state index contributed by atoms with van der Waals surface area (Å²) in [6.45, 7) is 1.61. The molecule has 0 unspecified atom stereocenters. The summed E-state index contributed by atoms with van der Waals surface area (Å²) < 4.78 is 4.68. The van der Waals surface area contributed by atoms with Crippen molar-refractivity contribution in [2.45, 2.75) is 6.92 Å². The van der Waals surface area contributed by atoms with Crippen molar-refractivity contribution in [2.75, 3.05) is 0 Å². The molecule has 1 heterocycles. The summed E-state index contributed by atoms with van der Waals surface area (Å²) in [5.41, 5.74) is 1.16. The molecule has 2 rings (SSSR count). The number of hydrogen-bond donors (Lipinski definition) is 1. The van der Waals surface area contributed by atoms with Crippen LogP contribution in [0.2, 0.25) is 0 Å². The van der Waals surface area contributed by atoms with Gasteiger partial charge in [0, 0.05) is 5.56 Å². The van der Waals surface area contributed by atoms with Gasteiger partial charge in [0.25, 0.3) is 0 Å². The molecule has 17 heavy (non-hydrogen) atoms. The lowest BCUT2D eigenvalue weighted by atomic mass is 10.0. The van der Waals surface area contributed by atoms with Crippen molar-refractivity contribution < 1.29 is 14.3 Å². The summed E-state index contributed by atoms with van der Waals surface area (Å²) in [6, 6.07) is 10.5. The van der Waals surface area contributed by atoms with E-state index in [0.717, 1.165) is 5.56 Å². The normalized spacial score (nSPS) is 10.2. The Kier molecular flexibility index (Phi) is 2.78. The van der Waals surface area contributed by atoms with Gasteiger partial charge in [-0.05, 0) is 24.1 Å². The standard InChI is InChI=1S/C13H10O4/c1-8-10(9-5-3-2-4-6-9)7-11(12(14)15)17-13(8)16/h2-7H,1H3,(H,14,15). The Morgan fingerprint density at radius 3 is 2.47 bits per heavy atom. The predicted molar refractivity (Wildman–Crippen MR) is 62.1 cm³/mol. The van der Waals surface area contributed by atoms with Crippen LogP contribution in [-0.2, 0) is 0 Å². The maximum atomic E-state index is 11.5. The summed E-state index contributed by atoms with van der Waals surface area (Å²) >= 11 is 0. The van der Waals surface area contributed by atoms with Gasteiger partial charge in [-0.2, -0.15) is 0 Å². The van der Waals surface area contributed by atoms with Gasteiger partial charge in [0.2, 0.25) is 5.76 Å². The van der Waals surface area contributed by atoms with E-state index in [-0.39, 0.29) is 5.76 Å². The molecule has 0 aliphatic heterocycles. The molecular weight excluding hydrogens is 220 g/mol. The van der Waals surface area contributed by atoms with Crippen LogP contribution in [0.25, 0.3) is 11.1 Å². The van der Waals surface area contributed by atoms with Crippen molar-refractivity contribution in [1.82, 2.24) is 0 Å². The minimum Gasteiger partial charge on any atom is -0.475 e. The van der Waals surface area contributed by atoms with Gasteiger partial charge in [0.1, 0.15) is 0 Å². The summed E-state index contributed by atoms with van der Waals surface area (Å²) in [7, 11) is 0. The van der Waals surface area contributed by atoms with E-state index < -0.39 is 11.6 Å². The zero-order chi connectivity index (χ0) is 12.4. The molecule has 0 spiro atoms. The highest BCUT2D eigenvalue weighted by molar-refractivity contribution is 5.86. The Hall–Kier alpha value is -2.36. The fourth-order valence-corrected chi connectivity index (χ4v) is 1.58. The van der Waals surface area contributed by atoms with E-state index in [1.807, 2.05) is 30.3 Å². The van der Waals surface area contributed by atoms with E-state index in [2.05, 4.69) is 4.42 Å². The van der Waals surface area contributed by atoms with Crippen molar-refractivity contribution in [1.29, 1.82) is 0 Å². The molecule has 0 atom stereocenters. The minimum atomic E-state index is -1.25. The van der Waals surface area contributed by atoms with Crippen molar-refractivity contribution in [3.05, 3.63) is 58.1 Å². The first-order chi connectivity index (χ1) is 8.09. The lowest BCUT2D eigenvalue weighted by Gasteiger charge is -2.05. The third kappa shape index (κ3) is 2.10. The van der Waals surface area contributed by atoms with E-state index in [1.54, 1.807) is 6.92 Å². The number of benzene rings is 1. The third-order valence-corrected chi connectivity index (χ3v) is 2.48. The molecule has 86 valence electrons. The highest BCUT2D eigenvalue weighted by atomic mass is 16.4. The molecule has 4 heteroatoms. The van der Waals surface area contributed by atoms with Crippen LogP contribution in [0, 0.1) is 6.92 Å². The lowest BCUT2D eigenvalue weighted by Crippen LogP contribution is -2.10. The third-order valence-electron chi connectivity index (χ3n) is 2.48. The molecule has 0 bridgehead atoms. The molecule has 0 saturated carbocycles. The molecule has 1 N–H and O–H groups in total. The summed E-state index contributed by atoms with van der Waals surface area (Å²) in [4.78, 5) is 22.3. The molecule has 1 aromatic heterocycles. The van der Waals surface area contributed by atoms with Gasteiger partial charge in [-0.15, -0.1) is 0 Å². The molecule has 2 aromatic rings. The highest BCUT2D eigenvalue weighted by Crippen LogP contribution is 2.21. The number of carboxylic acid groups (broad SMARTS) is 1. The van der Waals surface area contributed by atoms with Crippen LogP contribution in [0.5, 0.6) is 0 Å². The van der Waals surface area contributed by atoms with Crippen LogP contribution in [0.15, 0.2) is 45.6 Å². The molecule has 0 fully saturated rings. The first kappa shape index (κ1) is 11.1. The number of aromatic carboxylic acids is 1. The number of rotatable bonds is 2. The van der Waals surface area contributed by atoms with Crippen molar-refractivity contribution >= 4 is 5.97 Å². The molecule has 1 aromatic carbocycles. The highest BCUT2D eigenvalue weighted by Gasteiger charge is 2.13. The van der Waals surface area contributed by atoms with Crippen LogP contribution >= 0.6 is 0 Å². The molecule has 0 saturated heterocycles. The maximum absolute atomic E-state index is 11.5. The van der Waals surface area contributed by atoms with Crippen LogP contribution in [0.4, 0.5) is 0 Å². The second-order valence-corrected chi connectivity index (χ2v) is 3.61. The zero-order valence-electron chi connectivity index (χ0n) is 9.14. The molecule has 0 radical (unpaired) electrons. The topological polar surface area (TPSA) is 67.5 Å². The maximum Gasteiger partial charge on any atom is 0.371 e. The fraction of sp³-hybridized carbons (Fsp3) is 0.0769. The molecule has 0 aliphatic rings. The van der Waals surface area contributed by atoms with Gasteiger partial charge < -0.3 is 9.52 Å². The lowest BCUT2D eigenvalue weighted by molar-refractivity contribution is 0.0657. The largest absolute Gasteiger partial charge is 0.475 e. The first-order valence-corrected chi connectivity index (χ1v) is 5.03. The molecule has 4 nitrogen and oxygen atoms in total. The summed E-state index contributed by atoms with van der Waals surface area (Å²) in [6.07, 6.45) is 0. The van der Waals surface area contributed by atoms with Gasteiger partial charge >= 0.3 is 11.6 Å². The molecular formula is C13H10O4. The van der Waals surface area contributed by atoms with Crippen molar-refractivity contribution in [2.24, 2.45) is 0 Å². The van der Waals surface area contributed by atoms with E-state index >= 15 is 0 Å². The van der Waals surface area contributed by atoms with Gasteiger partial charge in [-0.1, -0.05) is 30.3 Å². The molecule has 0 aliphatic carbocycles. The van der Waals surface area contributed by atoms with Crippen LogP contribution in [0.1, 0.15) is 16.1 Å². The Bertz CT molecular complexity index is 611. The summed E-state index contributed by atoms with van der Waals surface area (Å²) in [5.74, 6) is -1.60. The average Bonchev–Trinajstić information content (AvgIpc) is 2.33. The quantitative estimate of drug-likeness (QED) is 0.859. The van der Waals surface area contributed by atoms with E-state index in [9.17, 15) is 9.59 Å². The van der Waals surface area contributed by atoms with E-state index in [4.69, 9.17) is 5.11 Å². The Morgan fingerprint density at radius 2 is 1.88 bits per heavy atom. The zero-order valence-corrected chi connectivity index (χ0v) is 9.14. The van der Waals surface area contributed by atoms with Crippen molar-refractivity contribution in [3.63, 3.8) is 0 Å².